The molecule has 0 N–H and O–H groups in total. The minimum atomic E-state index is 0.518. The van der Waals surface area contributed by atoms with Gasteiger partial charge in [-0.2, -0.15) is 4.73 Å². The van der Waals surface area contributed by atoms with E-state index in [0.29, 0.717) is 13.2 Å². The summed E-state index contributed by atoms with van der Waals surface area (Å²) in [6.45, 7) is 1.14. The first-order valence-electron chi connectivity index (χ1n) is 11.4. The van der Waals surface area contributed by atoms with Crippen molar-refractivity contribution in [3.8, 4) is 5.75 Å². The minimum Gasteiger partial charge on any atom is -0.489 e. The normalized spacial score (nSPS) is 13.9. The SMILES string of the molecule is c1ccc2c(c1)ccn2OCc1ccc(OCc2ccc3cc2CCCCCC3)cc1. The molecule has 5 rings (SSSR count). The molecule has 0 unspecified atom stereocenters. The van der Waals surface area contributed by atoms with Crippen LogP contribution in [0.15, 0.2) is 79.0 Å². The molecule has 3 aromatic carbocycles. The van der Waals surface area contributed by atoms with Gasteiger partial charge in [0.2, 0.25) is 0 Å². The molecule has 158 valence electrons. The number of hydrogen-bond acceptors (Lipinski definition) is 2. The molecule has 0 atom stereocenters. The number of ether oxygens (including phenoxy) is 1. The summed E-state index contributed by atoms with van der Waals surface area (Å²) in [5.41, 5.74) is 6.45. The molecule has 1 heterocycles. The molecule has 1 aliphatic rings. The van der Waals surface area contributed by atoms with Crippen LogP contribution in [0.1, 0.15) is 47.9 Å². The quantitative estimate of drug-likeness (QED) is 0.361. The second-order valence-electron chi connectivity index (χ2n) is 8.42. The van der Waals surface area contributed by atoms with E-state index >= 15 is 0 Å². The van der Waals surface area contributed by atoms with Crippen molar-refractivity contribution in [2.24, 2.45) is 0 Å². The number of hydrogen-bond donors (Lipinski definition) is 0. The maximum absolute atomic E-state index is 6.12. The zero-order valence-corrected chi connectivity index (χ0v) is 17.9. The fourth-order valence-electron chi connectivity index (χ4n) is 4.36. The van der Waals surface area contributed by atoms with Crippen LogP contribution in [-0.4, -0.2) is 4.73 Å². The Balaban J connectivity index is 1.19. The summed E-state index contributed by atoms with van der Waals surface area (Å²) in [4.78, 5) is 5.97. The molecular formula is C28H29NO2. The summed E-state index contributed by atoms with van der Waals surface area (Å²) in [5, 5.41) is 1.18. The number of aromatic nitrogens is 1. The van der Waals surface area contributed by atoms with Crippen molar-refractivity contribution in [2.45, 2.75) is 51.7 Å². The van der Waals surface area contributed by atoms with E-state index in [1.54, 1.807) is 0 Å². The van der Waals surface area contributed by atoms with Gasteiger partial charge in [0.05, 0.1) is 5.52 Å². The van der Waals surface area contributed by atoms with Gasteiger partial charge in [-0.15, -0.1) is 0 Å². The molecule has 0 aliphatic heterocycles. The molecule has 0 saturated carbocycles. The van der Waals surface area contributed by atoms with Crippen molar-refractivity contribution in [3.63, 3.8) is 0 Å². The highest BCUT2D eigenvalue weighted by atomic mass is 16.7. The van der Waals surface area contributed by atoms with E-state index < -0.39 is 0 Å². The molecule has 4 aromatic rings. The Morgan fingerprint density at radius 2 is 1.58 bits per heavy atom. The lowest BCUT2D eigenvalue weighted by atomic mass is 9.99. The molecule has 3 nitrogen and oxygen atoms in total. The zero-order chi connectivity index (χ0) is 20.9. The van der Waals surface area contributed by atoms with Gasteiger partial charge in [-0.05, 0) is 72.2 Å². The first kappa shape index (κ1) is 19.7. The van der Waals surface area contributed by atoms with Gasteiger partial charge in [-0.25, -0.2) is 0 Å². The summed E-state index contributed by atoms with van der Waals surface area (Å²) < 4.78 is 7.95. The highest BCUT2D eigenvalue weighted by Gasteiger charge is 2.08. The second-order valence-corrected chi connectivity index (χ2v) is 8.42. The van der Waals surface area contributed by atoms with E-state index in [2.05, 4.69) is 48.5 Å². The van der Waals surface area contributed by atoms with Crippen LogP contribution in [0.4, 0.5) is 0 Å². The minimum absolute atomic E-state index is 0.518. The van der Waals surface area contributed by atoms with E-state index in [-0.39, 0.29) is 0 Å². The molecule has 1 aliphatic carbocycles. The molecular weight excluding hydrogens is 382 g/mol. The van der Waals surface area contributed by atoms with Gasteiger partial charge in [0.1, 0.15) is 19.0 Å². The second kappa shape index (κ2) is 9.30. The predicted octanol–water partition coefficient (Wildman–Crippen LogP) is 6.51. The fourth-order valence-corrected chi connectivity index (χ4v) is 4.36. The van der Waals surface area contributed by atoms with Crippen molar-refractivity contribution in [1.82, 2.24) is 4.73 Å². The third kappa shape index (κ3) is 4.77. The van der Waals surface area contributed by atoms with Crippen LogP contribution in [0.25, 0.3) is 10.9 Å². The van der Waals surface area contributed by atoms with Gasteiger partial charge < -0.3 is 9.57 Å². The highest BCUT2D eigenvalue weighted by molar-refractivity contribution is 5.79. The molecule has 0 amide bonds. The van der Waals surface area contributed by atoms with E-state index in [0.717, 1.165) is 23.3 Å². The Kier molecular flexibility index (Phi) is 5.92. The van der Waals surface area contributed by atoms with Crippen LogP contribution in [0, 0.1) is 0 Å². The number of fused-ring (bicyclic) bond motifs is 3. The van der Waals surface area contributed by atoms with Crippen LogP contribution in [0.5, 0.6) is 5.75 Å². The molecule has 31 heavy (non-hydrogen) atoms. The van der Waals surface area contributed by atoms with Crippen LogP contribution < -0.4 is 9.57 Å². The van der Waals surface area contributed by atoms with Gasteiger partial charge >= 0.3 is 0 Å². The van der Waals surface area contributed by atoms with Crippen LogP contribution in [-0.2, 0) is 26.1 Å². The third-order valence-corrected chi connectivity index (χ3v) is 6.18. The lowest BCUT2D eigenvalue weighted by molar-refractivity contribution is 0.107. The lowest BCUT2D eigenvalue weighted by Gasteiger charge is -2.13. The number of rotatable bonds is 6. The van der Waals surface area contributed by atoms with Gasteiger partial charge in [0.15, 0.2) is 0 Å². The van der Waals surface area contributed by atoms with Crippen LogP contribution in [0.3, 0.4) is 0 Å². The third-order valence-electron chi connectivity index (χ3n) is 6.18. The topological polar surface area (TPSA) is 23.4 Å². The Labute approximate surface area is 184 Å². The number of benzene rings is 3. The van der Waals surface area contributed by atoms with E-state index in [1.807, 2.05) is 35.2 Å². The van der Waals surface area contributed by atoms with E-state index in [9.17, 15) is 0 Å². The fraction of sp³-hybridized carbons (Fsp3) is 0.286. The van der Waals surface area contributed by atoms with Crippen molar-refractivity contribution in [2.75, 3.05) is 0 Å². The average molecular weight is 412 g/mol. The van der Waals surface area contributed by atoms with Crippen molar-refractivity contribution in [1.29, 1.82) is 0 Å². The highest BCUT2D eigenvalue weighted by Crippen LogP contribution is 2.22. The average Bonchev–Trinajstić information content (AvgIpc) is 3.26. The maximum atomic E-state index is 6.12. The maximum Gasteiger partial charge on any atom is 0.140 e. The van der Waals surface area contributed by atoms with Gasteiger partial charge in [-0.3, -0.25) is 0 Å². The molecule has 2 bridgehead atoms. The summed E-state index contributed by atoms with van der Waals surface area (Å²) >= 11 is 0. The lowest BCUT2D eigenvalue weighted by Crippen LogP contribution is -2.09. The molecule has 0 radical (unpaired) electrons. The zero-order valence-electron chi connectivity index (χ0n) is 17.9. The van der Waals surface area contributed by atoms with Gasteiger partial charge in [0, 0.05) is 11.6 Å². The Hall–Kier alpha value is -3.20. The largest absolute Gasteiger partial charge is 0.489 e. The Morgan fingerprint density at radius 1 is 0.742 bits per heavy atom. The van der Waals surface area contributed by atoms with Crippen molar-refractivity contribution in [3.05, 3.63) is 101 Å². The Morgan fingerprint density at radius 3 is 2.48 bits per heavy atom. The van der Waals surface area contributed by atoms with Crippen LogP contribution >= 0.6 is 0 Å². The molecule has 0 spiro atoms. The van der Waals surface area contributed by atoms with Crippen molar-refractivity contribution >= 4 is 10.9 Å². The standard InChI is InChI=1S/C28H29NO2/c1-2-4-9-25-19-22(7-3-1)11-14-26(25)21-30-27-15-12-23(13-16-27)20-31-29-18-17-24-8-5-6-10-28(24)29/h5-6,8,10-19H,1-4,7,9,20-21H2. The first-order chi connectivity index (χ1) is 15.3. The summed E-state index contributed by atoms with van der Waals surface area (Å²) in [7, 11) is 0. The number of aryl methyl sites for hydroxylation is 2. The molecule has 1 aromatic heterocycles. The number of para-hydroxylation sites is 1. The number of nitrogens with zero attached hydrogens (tertiary/aromatic N) is 1. The monoisotopic (exact) mass is 411 g/mol. The van der Waals surface area contributed by atoms with E-state index in [1.165, 1.54) is 54.2 Å². The molecule has 0 fully saturated rings. The van der Waals surface area contributed by atoms with E-state index in [4.69, 9.17) is 9.57 Å². The summed E-state index contributed by atoms with van der Waals surface area (Å²) in [6.07, 6.45) is 9.61. The van der Waals surface area contributed by atoms with Gasteiger partial charge in [0.25, 0.3) is 0 Å². The predicted molar refractivity (Wildman–Crippen MR) is 125 cm³/mol. The molecule has 3 heteroatoms. The summed E-state index contributed by atoms with van der Waals surface area (Å²) in [6, 6.07) is 25.5. The van der Waals surface area contributed by atoms with Gasteiger partial charge in [-0.1, -0.05) is 61.4 Å². The van der Waals surface area contributed by atoms with Crippen molar-refractivity contribution < 1.29 is 9.57 Å². The smallest absolute Gasteiger partial charge is 0.140 e. The molecule has 0 saturated heterocycles. The summed E-state index contributed by atoms with van der Waals surface area (Å²) in [5.74, 6) is 0.898. The van der Waals surface area contributed by atoms with Crippen LogP contribution in [0.2, 0.25) is 0 Å². The first-order valence-corrected chi connectivity index (χ1v) is 11.4. The Bertz CT molecular complexity index is 1140.